The molecule has 1 unspecified atom stereocenters. The van der Waals surface area contributed by atoms with Gasteiger partial charge in [0.1, 0.15) is 0 Å². The van der Waals surface area contributed by atoms with Crippen molar-refractivity contribution < 1.29 is 4.74 Å². The van der Waals surface area contributed by atoms with E-state index in [1.807, 2.05) is 13.1 Å². The van der Waals surface area contributed by atoms with Crippen LogP contribution in [0.2, 0.25) is 0 Å². The van der Waals surface area contributed by atoms with Gasteiger partial charge in [0.05, 0.1) is 19.3 Å². The van der Waals surface area contributed by atoms with Crippen molar-refractivity contribution in [1.29, 1.82) is 0 Å². The lowest BCUT2D eigenvalue weighted by molar-refractivity contribution is 0.0932. The Labute approximate surface area is 109 Å². The second-order valence-corrected chi connectivity index (χ2v) is 5.14. The minimum absolute atomic E-state index is 0.406. The van der Waals surface area contributed by atoms with Gasteiger partial charge in [-0.2, -0.15) is 0 Å². The highest BCUT2D eigenvalue weighted by Crippen LogP contribution is 2.19. The summed E-state index contributed by atoms with van der Waals surface area (Å²) in [5.41, 5.74) is 2.32. The molecule has 1 aromatic heterocycles. The van der Waals surface area contributed by atoms with E-state index in [0.717, 1.165) is 32.0 Å². The fourth-order valence-corrected chi connectivity index (χ4v) is 2.24. The van der Waals surface area contributed by atoms with E-state index >= 15 is 0 Å². The van der Waals surface area contributed by atoms with Crippen molar-refractivity contribution in [3.8, 4) is 0 Å². The first-order chi connectivity index (χ1) is 8.66. The average Bonchev–Trinajstić information content (AvgIpc) is 2.36. The topological polar surface area (TPSA) is 37.4 Å². The molecule has 1 N–H and O–H groups in total. The first-order valence-electron chi connectivity index (χ1n) is 6.67. The Bertz CT molecular complexity index is 381. The number of hydrogen-bond acceptors (Lipinski definition) is 4. The van der Waals surface area contributed by atoms with Gasteiger partial charge in [0.15, 0.2) is 0 Å². The Morgan fingerprint density at radius 1 is 1.56 bits per heavy atom. The average molecular weight is 249 g/mol. The third-order valence-corrected chi connectivity index (χ3v) is 3.20. The van der Waals surface area contributed by atoms with Gasteiger partial charge in [0, 0.05) is 36.7 Å². The molecule has 0 amide bonds. The second kappa shape index (κ2) is 6.16. The molecule has 1 aliphatic heterocycles. The predicted octanol–water partition coefficient (Wildman–Crippen LogP) is 1.59. The maximum atomic E-state index is 5.60. The monoisotopic (exact) mass is 249 g/mol. The Morgan fingerprint density at radius 2 is 2.39 bits per heavy atom. The summed E-state index contributed by atoms with van der Waals surface area (Å²) in [5, 5.41) is 3.49. The molecular weight excluding hydrogens is 226 g/mol. The zero-order valence-electron chi connectivity index (χ0n) is 11.5. The van der Waals surface area contributed by atoms with Crippen LogP contribution in [-0.2, 0) is 4.74 Å². The lowest BCUT2D eigenvalue weighted by atomic mass is 10.1. The number of aryl methyl sites for hydroxylation is 1. The molecule has 100 valence electrons. The van der Waals surface area contributed by atoms with Gasteiger partial charge < -0.3 is 15.0 Å². The van der Waals surface area contributed by atoms with Gasteiger partial charge in [-0.1, -0.05) is 13.8 Å². The van der Waals surface area contributed by atoms with Gasteiger partial charge in [-0.25, -0.2) is 0 Å². The highest BCUT2D eigenvalue weighted by molar-refractivity contribution is 5.48. The SMILES string of the molecule is Cc1cc(N2CCOCC2CNC(C)C)ccn1. The molecule has 0 aliphatic carbocycles. The quantitative estimate of drug-likeness (QED) is 0.879. The van der Waals surface area contributed by atoms with Crippen LogP contribution < -0.4 is 10.2 Å². The van der Waals surface area contributed by atoms with E-state index in [4.69, 9.17) is 4.74 Å². The first kappa shape index (κ1) is 13.3. The van der Waals surface area contributed by atoms with Gasteiger partial charge in [0.25, 0.3) is 0 Å². The van der Waals surface area contributed by atoms with Gasteiger partial charge >= 0.3 is 0 Å². The van der Waals surface area contributed by atoms with Crippen LogP contribution in [0.4, 0.5) is 5.69 Å². The van der Waals surface area contributed by atoms with Crippen LogP contribution in [0.15, 0.2) is 18.3 Å². The third kappa shape index (κ3) is 3.43. The molecule has 4 nitrogen and oxygen atoms in total. The molecule has 1 fully saturated rings. The number of ether oxygens (including phenoxy) is 1. The summed E-state index contributed by atoms with van der Waals surface area (Å²) in [6.45, 7) is 9.88. The third-order valence-electron chi connectivity index (χ3n) is 3.20. The lowest BCUT2D eigenvalue weighted by Gasteiger charge is -2.38. The number of nitrogens with zero attached hydrogens (tertiary/aromatic N) is 2. The zero-order chi connectivity index (χ0) is 13.0. The summed E-state index contributed by atoms with van der Waals surface area (Å²) in [4.78, 5) is 6.68. The fourth-order valence-electron chi connectivity index (χ4n) is 2.24. The van der Waals surface area contributed by atoms with Crippen LogP contribution >= 0.6 is 0 Å². The minimum atomic E-state index is 0.406. The number of hydrogen-bond donors (Lipinski definition) is 1. The van der Waals surface area contributed by atoms with Crippen molar-refractivity contribution in [2.45, 2.75) is 32.9 Å². The molecule has 1 aromatic rings. The van der Waals surface area contributed by atoms with Crippen molar-refractivity contribution in [3.63, 3.8) is 0 Å². The standard InChI is InChI=1S/C14H23N3O/c1-11(2)16-9-14-10-18-7-6-17(14)13-4-5-15-12(3)8-13/h4-5,8,11,14,16H,6-7,9-10H2,1-3H3. The van der Waals surface area contributed by atoms with Crippen LogP contribution in [0.25, 0.3) is 0 Å². The molecular formula is C14H23N3O. The van der Waals surface area contributed by atoms with Gasteiger partial charge in [0.2, 0.25) is 0 Å². The van der Waals surface area contributed by atoms with Crippen LogP contribution in [0.5, 0.6) is 0 Å². The lowest BCUT2D eigenvalue weighted by Crippen LogP contribution is -2.51. The normalized spacial score (nSPS) is 20.4. The maximum absolute atomic E-state index is 5.60. The molecule has 0 radical (unpaired) electrons. The molecule has 0 aromatic carbocycles. The fraction of sp³-hybridized carbons (Fsp3) is 0.643. The van der Waals surface area contributed by atoms with E-state index in [2.05, 4.69) is 41.2 Å². The summed E-state index contributed by atoms with van der Waals surface area (Å²) in [7, 11) is 0. The van der Waals surface area contributed by atoms with Crippen molar-refractivity contribution in [3.05, 3.63) is 24.0 Å². The van der Waals surface area contributed by atoms with Crippen molar-refractivity contribution in [1.82, 2.24) is 10.3 Å². The van der Waals surface area contributed by atoms with Crippen LogP contribution in [0, 0.1) is 6.92 Å². The number of aromatic nitrogens is 1. The first-order valence-corrected chi connectivity index (χ1v) is 6.67. The van der Waals surface area contributed by atoms with Crippen LogP contribution in [-0.4, -0.2) is 43.4 Å². The van der Waals surface area contributed by atoms with Crippen LogP contribution in [0.1, 0.15) is 19.5 Å². The number of rotatable bonds is 4. The van der Waals surface area contributed by atoms with Crippen molar-refractivity contribution >= 4 is 5.69 Å². The molecule has 0 spiro atoms. The Hall–Kier alpha value is -1.13. The largest absolute Gasteiger partial charge is 0.377 e. The summed E-state index contributed by atoms with van der Waals surface area (Å²) in [6, 6.07) is 5.14. The molecule has 0 bridgehead atoms. The number of nitrogens with one attached hydrogen (secondary N) is 1. The molecule has 2 rings (SSSR count). The van der Waals surface area contributed by atoms with E-state index in [1.165, 1.54) is 5.69 Å². The molecule has 2 heterocycles. The smallest absolute Gasteiger partial charge is 0.0683 e. The minimum Gasteiger partial charge on any atom is -0.377 e. The highest BCUT2D eigenvalue weighted by Gasteiger charge is 2.23. The summed E-state index contributed by atoms with van der Waals surface area (Å²) in [5.74, 6) is 0. The number of pyridine rings is 1. The maximum Gasteiger partial charge on any atom is 0.0683 e. The van der Waals surface area contributed by atoms with E-state index in [9.17, 15) is 0 Å². The Kier molecular flexibility index (Phi) is 4.55. The molecule has 0 saturated carbocycles. The molecule has 1 saturated heterocycles. The Balaban J connectivity index is 2.07. The summed E-state index contributed by atoms with van der Waals surface area (Å²) >= 11 is 0. The zero-order valence-corrected chi connectivity index (χ0v) is 11.5. The number of anilines is 1. The Morgan fingerprint density at radius 3 is 3.11 bits per heavy atom. The van der Waals surface area contributed by atoms with Crippen molar-refractivity contribution in [2.24, 2.45) is 0 Å². The van der Waals surface area contributed by atoms with E-state index in [1.54, 1.807) is 0 Å². The molecule has 1 atom stereocenters. The van der Waals surface area contributed by atoms with Crippen molar-refractivity contribution in [2.75, 3.05) is 31.2 Å². The highest BCUT2D eigenvalue weighted by atomic mass is 16.5. The summed E-state index contributed by atoms with van der Waals surface area (Å²) < 4.78 is 5.60. The molecule has 18 heavy (non-hydrogen) atoms. The molecule has 4 heteroatoms. The van der Waals surface area contributed by atoms with Gasteiger partial charge in [-0.3, -0.25) is 4.98 Å². The molecule has 1 aliphatic rings. The van der Waals surface area contributed by atoms with E-state index in [-0.39, 0.29) is 0 Å². The predicted molar refractivity (Wildman–Crippen MR) is 74.1 cm³/mol. The second-order valence-electron chi connectivity index (χ2n) is 5.14. The van der Waals surface area contributed by atoms with Gasteiger partial charge in [-0.15, -0.1) is 0 Å². The summed E-state index contributed by atoms with van der Waals surface area (Å²) in [6.07, 6.45) is 1.88. The van der Waals surface area contributed by atoms with Gasteiger partial charge in [-0.05, 0) is 19.1 Å². The van der Waals surface area contributed by atoms with Crippen LogP contribution in [0.3, 0.4) is 0 Å². The van der Waals surface area contributed by atoms with E-state index in [0.29, 0.717) is 12.1 Å². The van der Waals surface area contributed by atoms with E-state index < -0.39 is 0 Å². The number of morpholine rings is 1.